The quantitative estimate of drug-likeness (QED) is 0.545. The van der Waals surface area contributed by atoms with Crippen molar-refractivity contribution in [2.75, 3.05) is 11.9 Å². The number of carbonyl (C=O) groups excluding carboxylic acids is 4. The maximum atomic E-state index is 12.7. The first kappa shape index (κ1) is 21.9. The van der Waals surface area contributed by atoms with Crippen LogP contribution in [0.4, 0.5) is 5.69 Å². The summed E-state index contributed by atoms with van der Waals surface area (Å²) in [5.41, 5.74) is 2.26. The van der Waals surface area contributed by atoms with E-state index in [-0.39, 0.29) is 23.8 Å². The Morgan fingerprint density at radius 2 is 1.69 bits per heavy atom. The van der Waals surface area contributed by atoms with Gasteiger partial charge in [0.2, 0.25) is 11.7 Å². The maximum absolute atomic E-state index is 12.7. The monoisotopic (exact) mass is 400 g/mol. The van der Waals surface area contributed by atoms with Crippen molar-refractivity contribution in [2.24, 2.45) is 0 Å². The van der Waals surface area contributed by atoms with Crippen molar-refractivity contribution in [2.45, 2.75) is 40.7 Å². The standard InChI is InChI=1S/C21H24N2O6/c1-6-28-21(27)17-11(2)18(22-12(17)3)19(25)13(4)29-20(26)15-7-9-16(10-8-15)23-14(5)24/h7-10,13,22H,6H2,1-5H3,(H,23,24)/t13-/m1/s1. The summed E-state index contributed by atoms with van der Waals surface area (Å²) in [5.74, 6) is -1.86. The Hall–Kier alpha value is -3.42. The topological polar surface area (TPSA) is 115 Å². The molecule has 154 valence electrons. The zero-order valence-corrected chi connectivity index (χ0v) is 17.0. The molecule has 1 heterocycles. The Balaban J connectivity index is 2.12. The van der Waals surface area contributed by atoms with E-state index in [9.17, 15) is 19.2 Å². The van der Waals surface area contributed by atoms with Crippen LogP contribution in [0.15, 0.2) is 24.3 Å². The van der Waals surface area contributed by atoms with E-state index in [0.717, 1.165) is 0 Å². The van der Waals surface area contributed by atoms with Crippen molar-refractivity contribution >= 4 is 29.3 Å². The third-order valence-corrected chi connectivity index (χ3v) is 4.26. The third-order valence-electron chi connectivity index (χ3n) is 4.26. The number of amides is 1. The van der Waals surface area contributed by atoms with Gasteiger partial charge in [0, 0.05) is 18.3 Å². The zero-order chi connectivity index (χ0) is 21.7. The summed E-state index contributed by atoms with van der Waals surface area (Å²) in [6, 6.07) is 6.12. The van der Waals surface area contributed by atoms with Gasteiger partial charge in [0.15, 0.2) is 6.10 Å². The molecule has 2 aromatic rings. The molecule has 0 aliphatic heterocycles. The molecular weight excluding hydrogens is 376 g/mol. The number of anilines is 1. The van der Waals surface area contributed by atoms with Crippen LogP contribution in [0.2, 0.25) is 0 Å². The van der Waals surface area contributed by atoms with Crippen LogP contribution in [0.3, 0.4) is 0 Å². The van der Waals surface area contributed by atoms with Gasteiger partial charge < -0.3 is 19.8 Å². The summed E-state index contributed by atoms with van der Waals surface area (Å²) in [4.78, 5) is 51.1. The van der Waals surface area contributed by atoms with E-state index in [1.165, 1.54) is 26.0 Å². The summed E-state index contributed by atoms with van der Waals surface area (Å²) in [6.45, 7) is 8.08. The molecule has 0 radical (unpaired) electrons. The van der Waals surface area contributed by atoms with Crippen molar-refractivity contribution in [1.82, 2.24) is 4.98 Å². The number of aryl methyl sites for hydroxylation is 1. The van der Waals surface area contributed by atoms with Crippen LogP contribution in [-0.4, -0.2) is 41.3 Å². The molecule has 29 heavy (non-hydrogen) atoms. The van der Waals surface area contributed by atoms with Crippen LogP contribution < -0.4 is 5.32 Å². The molecule has 1 amide bonds. The third kappa shape index (κ3) is 5.10. The second kappa shape index (κ2) is 9.18. The van der Waals surface area contributed by atoms with Crippen molar-refractivity contribution in [3.05, 3.63) is 52.3 Å². The van der Waals surface area contributed by atoms with E-state index in [0.29, 0.717) is 22.5 Å². The zero-order valence-electron chi connectivity index (χ0n) is 17.0. The number of aromatic nitrogens is 1. The highest BCUT2D eigenvalue weighted by molar-refractivity contribution is 6.04. The van der Waals surface area contributed by atoms with E-state index >= 15 is 0 Å². The van der Waals surface area contributed by atoms with Crippen molar-refractivity contribution in [1.29, 1.82) is 0 Å². The number of benzene rings is 1. The number of H-pyrrole nitrogens is 1. The normalized spacial score (nSPS) is 11.5. The average molecular weight is 400 g/mol. The first-order valence-electron chi connectivity index (χ1n) is 9.14. The molecule has 1 aromatic heterocycles. The van der Waals surface area contributed by atoms with Gasteiger partial charge in [-0.15, -0.1) is 0 Å². The lowest BCUT2D eigenvalue weighted by atomic mass is 10.1. The number of ether oxygens (including phenoxy) is 2. The van der Waals surface area contributed by atoms with Gasteiger partial charge in [-0.3, -0.25) is 9.59 Å². The molecule has 0 saturated carbocycles. The lowest BCUT2D eigenvalue weighted by molar-refractivity contribution is -0.114. The minimum Gasteiger partial charge on any atom is -0.462 e. The Bertz CT molecular complexity index is 943. The Morgan fingerprint density at radius 1 is 1.07 bits per heavy atom. The summed E-state index contributed by atoms with van der Waals surface area (Å²) in [5, 5.41) is 2.60. The number of carbonyl (C=O) groups is 4. The first-order chi connectivity index (χ1) is 13.6. The first-order valence-corrected chi connectivity index (χ1v) is 9.14. The van der Waals surface area contributed by atoms with Crippen LogP contribution in [0.25, 0.3) is 0 Å². The van der Waals surface area contributed by atoms with Crippen molar-refractivity contribution in [3.8, 4) is 0 Å². The Morgan fingerprint density at radius 3 is 2.24 bits per heavy atom. The molecule has 0 unspecified atom stereocenters. The summed E-state index contributed by atoms with van der Waals surface area (Å²) < 4.78 is 10.3. The summed E-state index contributed by atoms with van der Waals surface area (Å²) in [6.07, 6.45) is -1.07. The number of Topliss-reactive ketones (excluding diaryl/α,β-unsaturated/α-hetero) is 1. The van der Waals surface area contributed by atoms with Crippen molar-refractivity contribution < 1.29 is 28.7 Å². The maximum Gasteiger partial charge on any atom is 0.340 e. The van der Waals surface area contributed by atoms with Crippen LogP contribution in [0.1, 0.15) is 63.2 Å². The van der Waals surface area contributed by atoms with Gasteiger partial charge in [-0.05, 0) is 57.5 Å². The minimum atomic E-state index is -1.07. The smallest absolute Gasteiger partial charge is 0.340 e. The molecule has 0 saturated heterocycles. The number of nitrogens with one attached hydrogen (secondary N) is 2. The van der Waals surface area contributed by atoms with Gasteiger partial charge in [0.1, 0.15) is 0 Å². The average Bonchev–Trinajstić information content (AvgIpc) is 2.95. The predicted octanol–water partition coefficient (Wildman–Crippen LogP) is 3.19. The van der Waals surface area contributed by atoms with E-state index in [2.05, 4.69) is 10.3 Å². The highest BCUT2D eigenvalue weighted by Gasteiger charge is 2.27. The molecule has 1 atom stereocenters. The predicted molar refractivity (Wildman–Crippen MR) is 106 cm³/mol. The van der Waals surface area contributed by atoms with Gasteiger partial charge in [0.25, 0.3) is 0 Å². The number of hydrogen-bond acceptors (Lipinski definition) is 6. The number of rotatable bonds is 7. The van der Waals surface area contributed by atoms with Gasteiger partial charge in [-0.2, -0.15) is 0 Å². The summed E-state index contributed by atoms with van der Waals surface area (Å²) >= 11 is 0. The lowest BCUT2D eigenvalue weighted by Crippen LogP contribution is -2.25. The van der Waals surface area contributed by atoms with E-state index in [1.807, 2.05) is 0 Å². The molecule has 0 aliphatic carbocycles. The highest BCUT2D eigenvalue weighted by atomic mass is 16.5. The molecular formula is C21H24N2O6. The largest absolute Gasteiger partial charge is 0.462 e. The fourth-order valence-electron chi connectivity index (χ4n) is 2.88. The lowest BCUT2D eigenvalue weighted by Gasteiger charge is -2.12. The molecule has 0 bridgehead atoms. The van der Waals surface area contributed by atoms with Crippen LogP contribution >= 0.6 is 0 Å². The summed E-state index contributed by atoms with van der Waals surface area (Å²) in [7, 11) is 0. The second-order valence-corrected chi connectivity index (χ2v) is 6.52. The van der Waals surface area contributed by atoms with Crippen LogP contribution in [0, 0.1) is 13.8 Å². The molecule has 8 nitrogen and oxygen atoms in total. The van der Waals surface area contributed by atoms with Crippen LogP contribution in [0.5, 0.6) is 0 Å². The van der Waals surface area contributed by atoms with Crippen molar-refractivity contribution in [3.63, 3.8) is 0 Å². The number of aromatic amines is 1. The van der Waals surface area contributed by atoms with Crippen LogP contribution in [-0.2, 0) is 14.3 Å². The van der Waals surface area contributed by atoms with E-state index in [1.54, 1.807) is 32.9 Å². The Labute approximate surface area is 168 Å². The fraction of sp³-hybridized carbons (Fsp3) is 0.333. The molecule has 2 N–H and O–H groups in total. The number of ketones is 1. The molecule has 2 rings (SSSR count). The fourth-order valence-corrected chi connectivity index (χ4v) is 2.88. The molecule has 0 fully saturated rings. The minimum absolute atomic E-state index is 0.201. The SMILES string of the molecule is CCOC(=O)c1c(C)[nH]c(C(=O)[C@@H](C)OC(=O)c2ccc(NC(C)=O)cc2)c1C. The molecule has 1 aromatic carbocycles. The van der Waals surface area contributed by atoms with Gasteiger partial charge in [-0.25, -0.2) is 9.59 Å². The molecule has 0 spiro atoms. The second-order valence-electron chi connectivity index (χ2n) is 6.52. The molecule has 8 heteroatoms. The van der Waals surface area contributed by atoms with Gasteiger partial charge in [-0.1, -0.05) is 0 Å². The highest BCUT2D eigenvalue weighted by Crippen LogP contribution is 2.21. The number of esters is 2. The van der Waals surface area contributed by atoms with Gasteiger partial charge in [0.05, 0.1) is 23.4 Å². The van der Waals surface area contributed by atoms with E-state index in [4.69, 9.17) is 9.47 Å². The van der Waals surface area contributed by atoms with E-state index < -0.39 is 23.8 Å². The Kier molecular flexibility index (Phi) is 6.93. The molecule has 0 aliphatic rings. The number of hydrogen-bond donors (Lipinski definition) is 2. The van der Waals surface area contributed by atoms with Gasteiger partial charge >= 0.3 is 11.9 Å².